The second-order valence-electron chi connectivity index (χ2n) is 12.4. The van der Waals surface area contributed by atoms with Gasteiger partial charge in [0.25, 0.3) is 10.0 Å². The molecule has 1 aliphatic heterocycles. The Hall–Kier alpha value is -3.79. The molecule has 2 aromatic heterocycles. The lowest BCUT2D eigenvalue weighted by Crippen LogP contribution is -2.57. The van der Waals surface area contributed by atoms with Crippen LogP contribution in [0.4, 0.5) is 4.79 Å². The number of urea groups is 1. The second-order valence-corrected chi connectivity index (χ2v) is 15.4. The quantitative estimate of drug-likeness (QED) is 0.117. The minimum Gasteiger partial charge on any atom is -0.442 e. The molecule has 1 fully saturated rings. The molecule has 1 aromatic carbocycles. The summed E-state index contributed by atoms with van der Waals surface area (Å²) in [6, 6.07) is 9.92. The summed E-state index contributed by atoms with van der Waals surface area (Å²) in [6.07, 6.45) is -0.135. The van der Waals surface area contributed by atoms with E-state index in [9.17, 15) is 23.1 Å². The number of carbonyl (C=O) groups is 2. The minimum absolute atomic E-state index is 0.0433. The van der Waals surface area contributed by atoms with Crippen molar-refractivity contribution in [1.29, 1.82) is 0 Å². The third kappa shape index (κ3) is 9.18. The summed E-state index contributed by atoms with van der Waals surface area (Å²) in [5.74, 6) is -0.739. The van der Waals surface area contributed by atoms with Gasteiger partial charge in [0.05, 0.1) is 29.4 Å². The van der Waals surface area contributed by atoms with E-state index in [0.29, 0.717) is 19.6 Å². The van der Waals surface area contributed by atoms with Crippen molar-refractivity contribution in [1.82, 2.24) is 24.4 Å². The van der Waals surface area contributed by atoms with Gasteiger partial charge in [0.15, 0.2) is 0 Å². The molecule has 0 aliphatic carbocycles. The Labute approximate surface area is 279 Å². The average Bonchev–Trinajstić information content (AvgIpc) is 3.74. The predicted octanol–water partition coefficient (Wildman–Crippen LogP) is 3.55. The van der Waals surface area contributed by atoms with Gasteiger partial charge in [0.2, 0.25) is 11.0 Å². The number of aromatic nitrogens is 1. The molecular formula is C32H44N6O7S2. The van der Waals surface area contributed by atoms with Crippen molar-refractivity contribution in [2.75, 3.05) is 26.2 Å². The zero-order valence-electron chi connectivity index (χ0n) is 27.3. The molecule has 3 amide bonds. The number of aryl methyl sites for hydroxylation is 1. The van der Waals surface area contributed by atoms with Gasteiger partial charge < -0.3 is 29.8 Å². The molecule has 1 saturated heterocycles. The SMILES string of the molecule is Cc1nc(CN2CCN([C@H](C(=O)N[C@@H](Cc3ccccc3)[C@H](O)CN(CC(C)C)S(=O)(=O)c3ccc(/C=N\O)o3)C(C)C)C2=O)cs1. The van der Waals surface area contributed by atoms with E-state index in [0.717, 1.165) is 26.8 Å². The van der Waals surface area contributed by atoms with E-state index in [2.05, 4.69) is 15.5 Å². The van der Waals surface area contributed by atoms with E-state index in [4.69, 9.17) is 9.62 Å². The lowest BCUT2D eigenvalue weighted by molar-refractivity contribution is -0.128. The van der Waals surface area contributed by atoms with Crippen molar-refractivity contribution < 1.29 is 32.7 Å². The Bertz CT molecular complexity index is 1620. The molecule has 47 heavy (non-hydrogen) atoms. The number of oxime groups is 1. The lowest BCUT2D eigenvalue weighted by atomic mass is 9.97. The number of hydrogen-bond acceptors (Lipinski definition) is 10. The molecule has 15 heteroatoms. The molecule has 0 saturated carbocycles. The fraction of sp³-hybridized carbons (Fsp3) is 0.500. The Morgan fingerprint density at radius 3 is 2.49 bits per heavy atom. The van der Waals surface area contributed by atoms with E-state index in [1.54, 1.807) is 9.80 Å². The molecule has 4 rings (SSSR count). The number of aliphatic hydroxyl groups excluding tert-OH is 1. The standard InChI is InChI=1S/C32H44N6O7S2/c1-21(2)17-37(47(43,44)29-12-11-26(45-29)16-33-42)19-28(39)27(15-24-9-7-6-8-10-24)35-31(40)30(22(3)4)38-14-13-36(32(38)41)18-25-20-46-23(5)34-25/h6-12,16,20-22,27-28,30,39,42H,13-15,17-19H2,1-5H3,(H,35,40)/b33-16-/t27-,28+,30-/m0/s1. The molecule has 13 nitrogen and oxygen atoms in total. The van der Waals surface area contributed by atoms with Crippen LogP contribution in [0.3, 0.4) is 0 Å². The van der Waals surface area contributed by atoms with Crippen molar-refractivity contribution in [3.8, 4) is 0 Å². The lowest BCUT2D eigenvalue weighted by Gasteiger charge is -2.34. The van der Waals surface area contributed by atoms with Crippen molar-refractivity contribution in [3.05, 3.63) is 69.9 Å². The van der Waals surface area contributed by atoms with Crippen LogP contribution in [0.15, 0.2) is 62.5 Å². The van der Waals surface area contributed by atoms with Crippen molar-refractivity contribution >= 4 is 39.5 Å². The van der Waals surface area contributed by atoms with Crippen LogP contribution in [-0.2, 0) is 27.8 Å². The first-order valence-corrected chi connectivity index (χ1v) is 17.9. The molecule has 0 radical (unpaired) electrons. The van der Waals surface area contributed by atoms with Gasteiger partial charge in [-0.2, -0.15) is 4.31 Å². The second kappa shape index (κ2) is 15.9. The Balaban J connectivity index is 1.57. The van der Waals surface area contributed by atoms with Gasteiger partial charge in [-0.25, -0.2) is 18.2 Å². The summed E-state index contributed by atoms with van der Waals surface area (Å²) in [5, 5.41) is 28.8. The molecule has 3 atom stereocenters. The smallest absolute Gasteiger partial charge is 0.321 e. The summed E-state index contributed by atoms with van der Waals surface area (Å²) in [6.45, 7) is 10.2. The summed E-state index contributed by atoms with van der Waals surface area (Å²) in [4.78, 5) is 35.2. The first-order chi connectivity index (χ1) is 22.3. The van der Waals surface area contributed by atoms with Crippen LogP contribution >= 0.6 is 11.3 Å². The number of furan rings is 1. The Morgan fingerprint density at radius 2 is 1.87 bits per heavy atom. The Kier molecular flexibility index (Phi) is 12.2. The van der Waals surface area contributed by atoms with Gasteiger partial charge in [-0.15, -0.1) is 11.3 Å². The van der Waals surface area contributed by atoms with Crippen LogP contribution in [-0.4, -0.2) is 100 Å². The number of amides is 3. The normalized spacial score (nSPS) is 16.1. The van der Waals surface area contributed by atoms with Crippen molar-refractivity contribution in [2.45, 2.75) is 70.9 Å². The molecule has 3 heterocycles. The predicted molar refractivity (Wildman–Crippen MR) is 178 cm³/mol. The maximum Gasteiger partial charge on any atom is 0.321 e. The number of hydrogen-bond donors (Lipinski definition) is 3. The van der Waals surface area contributed by atoms with Gasteiger partial charge in [0, 0.05) is 31.6 Å². The molecule has 0 spiro atoms. The molecule has 1 aliphatic rings. The van der Waals surface area contributed by atoms with Crippen LogP contribution in [0.2, 0.25) is 0 Å². The minimum atomic E-state index is -4.22. The summed E-state index contributed by atoms with van der Waals surface area (Å²) >= 11 is 1.52. The average molecular weight is 689 g/mol. The number of nitrogens with one attached hydrogen (secondary N) is 1. The van der Waals surface area contributed by atoms with E-state index in [1.165, 1.54) is 23.5 Å². The third-order valence-electron chi connectivity index (χ3n) is 7.81. The number of sulfonamides is 1. The number of nitrogens with zero attached hydrogens (tertiary/aromatic N) is 5. The Morgan fingerprint density at radius 1 is 1.15 bits per heavy atom. The molecule has 3 N–H and O–H groups in total. The van der Waals surface area contributed by atoms with Crippen molar-refractivity contribution in [2.24, 2.45) is 17.0 Å². The van der Waals surface area contributed by atoms with Gasteiger partial charge >= 0.3 is 6.03 Å². The van der Waals surface area contributed by atoms with Gasteiger partial charge in [0.1, 0.15) is 18.0 Å². The molecular weight excluding hydrogens is 645 g/mol. The summed E-state index contributed by atoms with van der Waals surface area (Å²) in [7, 11) is -4.22. The van der Waals surface area contributed by atoms with Gasteiger partial charge in [-0.3, -0.25) is 4.79 Å². The third-order valence-corrected chi connectivity index (χ3v) is 10.3. The van der Waals surface area contributed by atoms with Gasteiger partial charge in [-0.1, -0.05) is 63.2 Å². The highest BCUT2D eigenvalue weighted by Crippen LogP contribution is 2.23. The van der Waals surface area contributed by atoms with E-state index < -0.39 is 34.1 Å². The fourth-order valence-corrected chi connectivity index (χ4v) is 7.79. The fourth-order valence-electron chi connectivity index (χ4n) is 5.65. The largest absolute Gasteiger partial charge is 0.442 e. The number of thiazole rings is 1. The summed E-state index contributed by atoms with van der Waals surface area (Å²) < 4.78 is 33.9. The number of rotatable bonds is 16. The topological polar surface area (TPSA) is 169 Å². The van der Waals surface area contributed by atoms with Crippen LogP contribution in [0.5, 0.6) is 0 Å². The van der Waals surface area contributed by atoms with Crippen LogP contribution in [0, 0.1) is 18.8 Å². The molecule has 0 unspecified atom stereocenters. The number of carbonyl (C=O) groups excluding carboxylic acids is 2. The maximum atomic E-state index is 14.0. The monoisotopic (exact) mass is 688 g/mol. The number of benzene rings is 1. The van der Waals surface area contributed by atoms with Crippen LogP contribution < -0.4 is 5.32 Å². The molecule has 3 aromatic rings. The van der Waals surface area contributed by atoms with E-state index >= 15 is 0 Å². The first-order valence-electron chi connectivity index (χ1n) is 15.6. The summed E-state index contributed by atoms with van der Waals surface area (Å²) in [5.41, 5.74) is 1.63. The van der Waals surface area contributed by atoms with E-state index in [-0.39, 0.29) is 48.2 Å². The zero-order chi connectivity index (χ0) is 34.3. The first kappa shape index (κ1) is 36.1. The highest BCUT2D eigenvalue weighted by Gasteiger charge is 2.41. The van der Waals surface area contributed by atoms with E-state index in [1.807, 2.05) is 70.3 Å². The zero-order valence-corrected chi connectivity index (χ0v) is 28.9. The highest BCUT2D eigenvalue weighted by molar-refractivity contribution is 7.89. The number of aliphatic hydroxyl groups is 1. The van der Waals surface area contributed by atoms with Gasteiger partial charge in [-0.05, 0) is 42.9 Å². The highest BCUT2D eigenvalue weighted by atomic mass is 32.2. The van der Waals surface area contributed by atoms with Crippen LogP contribution in [0.25, 0.3) is 0 Å². The molecule has 0 bridgehead atoms. The van der Waals surface area contributed by atoms with Crippen molar-refractivity contribution in [3.63, 3.8) is 0 Å². The maximum absolute atomic E-state index is 14.0. The van der Waals surface area contributed by atoms with Crippen LogP contribution in [0.1, 0.15) is 49.7 Å². The molecule has 256 valence electrons.